The van der Waals surface area contributed by atoms with Crippen LogP contribution in [0, 0.1) is 0 Å². The zero-order chi connectivity index (χ0) is 18.6. The van der Waals surface area contributed by atoms with Gasteiger partial charge in [-0.05, 0) is 64.8 Å². The maximum absolute atomic E-state index is 6.21. The number of rotatable bonds is 4. The van der Waals surface area contributed by atoms with Crippen LogP contribution in [0.25, 0.3) is 0 Å². The normalized spacial score (nSPS) is 16.1. The molecule has 4 nitrogen and oxygen atoms in total. The summed E-state index contributed by atoms with van der Waals surface area (Å²) in [6.45, 7) is 2.13. The molecule has 0 saturated carbocycles. The summed E-state index contributed by atoms with van der Waals surface area (Å²) in [4.78, 5) is 4.24. The van der Waals surface area contributed by atoms with Gasteiger partial charge < -0.3 is 15.4 Å². The van der Waals surface area contributed by atoms with Crippen molar-refractivity contribution in [1.82, 2.24) is 10.3 Å². The predicted molar refractivity (Wildman–Crippen MR) is 114 cm³/mol. The van der Waals surface area contributed by atoms with Crippen LogP contribution >= 0.6 is 51.3 Å². The van der Waals surface area contributed by atoms with Gasteiger partial charge in [-0.15, -0.1) is 0 Å². The molecule has 1 aliphatic rings. The van der Waals surface area contributed by atoms with Gasteiger partial charge in [0.05, 0.1) is 9.50 Å². The van der Waals surface area contributed by atoms with E-state index in [2.05, 4.69) is 37.6 Å². The number of pyridine rings is 1. The lowest BCUT2D eigenvalue weighted by Gasteiger charge is -2.38. The number of nitrogens with zero attached hydrogens (tertiary/aromatic N) is 1. The summed E-state index contributed by atoms with van der Waals surface area (Å²) in [7, 11) is 0. The van der Waals surface area contributed by atoms with Crippen molar-refractivity contribution in [3.63, 3.8) is 0 Å². The van der Waals surface area contributed by atoms with Crippen molar-refractivity contribution in [2.45, 2.75) is 18.3 Å². The molecular weight excluding hydrogens is 457 g/mol. The quantitative estimate of drug-likeness (QED) is 0.597. The van der Waals surface area contributed by atoms with Gasteiger partial charge in [0.2, 0.25) is 0 Å². The number of hydrogen-bond acceptors (Lipinski definition) is 3. The Balaban J connectivity index is 1.70. The number of anilines is 1. The fourth-order valence-electron chi connectivity index (χ4n) is 3.06. The summed E-state index contributed by atoms with van der Waals surface area (Å²) in [5.41, 5.74) is 1.13. The number of hydrogen-bond donors (Lipinski definition) is 2. The Morgan fingerprint density at radius 2 is 2.00 bits per heavy atom. The lowest BCUT2D eigenvalue weighted by Crippen LogP contribution is -2.45. The predicted octanol–water partition coefficient (Wildman–Crippen LogP) is 5.19. The number of nitrogens with one attached hydrogen (secondary N) is 2. The van der Waals surface area contributed by atoms with E-state index in [0.717, 1.165) is 35.6 Å². The van der Waals surface area contributed by atoms with Crippen LogP contribution in [-0.4, -0.2) is 29.9 Å². The van der Waals surface area contributed by atoms with Crippen LogP contribution in [0.4, 0.5) is 5.82 Å². The van der Waals surface area contributed by atoms with Crippen LogP contribution in [0.15, 0.2) is 41.0 Å². The summed E-state index contributed by atoms with van der Waals surface area (Å²) >= 11 is 21.0. The highest BCUT2D eigenvalue weighted by Crippen LogP contribution is 2.35. The molecule has 0 unspecified atom stereocenters. The van der Waals surface area contributed by atoms with Crippen LogP contribution in [0.2, 0.25) is 10.0 Å². The average molecular weight is 475 g/mol. The molecule has 0 bridgehead atoms. The largest absolute Gasteiger partial charge is 0.381 e. The average Bonchev–Trinajstić information content (AvgIpc) is 2.63. The van der Waals surface area contributed by atoms with E-state index in [0.29, 0.717) is 22.5 Å². The molecule has 0 radical (unpaired) electrons. The third-order valence-corrected chi connectivity index (χ3v) is 5.81. The first-order chi connectivity index (χ1) is 12.5. The second kappa shape index (κ2) is 8.85. The number of benzene rings is 1. The van der Waals surface area contributed by atoms with Crippen LogP contribution in [0.3, 0.4) is 0 Å². The molecule has 3 rings (SSSR count). The Morgan fingerprint density at radius 1 is 1.23 bits per heavy atom. The van der Waals surface area contributed by atoms with Gasteiger partial charge in [0.25, 0.3) is 0 Å². The highest BCUT2D eigenvalue weighted by Gasteiger charge is 2.34. The molecule has 0 aliphatic carbocycles. The minimum absolute atomic E-state index is 0.0699. The van der Waals surface area contributed by atoms with Crippen molar-refractivity contribution in [1.29, 1.82) is 0 Å². The van der Waals surface area contributed by atoms with E-state index in [4.69, 9.17) is 40.2 Å². The highest BCUT2D eigenvalue weighted by atomic mass is 79.9. The van der Waals surface area contributed by atoms with E-state index in [9.17, 15) is 0 Å². The molecular formula is C18H18BrCl2N3OS. The van der Waals surface area contributed by atoms with Gasteiger partial charge in [0.15, 0.2) is 5.11 Å². The van der Waals surface area contributed by atoms with Crippen molar-refractivity contribution in [2.24, 2.45) is 0 Å². The van der Waals surface area contributed by atoms with Gasteiger partial charge >= 0.3 is 0 Å². The number of halogens is 3. The molecule has 138 valence electrons. The Hall–Kier alpha value is -0.920. The van der Waals surface area contributed by atoms with E-state index in [-0.39, 0.29) is 5.41 Å². The first-order valence-electron chi connectivity index (χ1n) is 8.18. The zero-order valence-corrected chi connectivity index (χ0v) is 17.8. The molecule has 0 amide bonds. The lowest BCUT2D eigenvalue weighted by atomic mass is 9.74. The molecule has 1 aliphatic heterocycles. The van der Waals surface area contributed by atoms with Crippen LogP contribution < -0.4 is 10.6 Å². The minimum atomic E-state index is -0.0699. The summed E-state index contributed by atoms with van der Waals surface area (Å²) in [6.07, 6.45) is 3.39. The number of ether oxygens (including phenoxy) is 1. The lowest BCUT2D eigenvalue weighted by molar-refractivity contribution is 0.0515. The van der Waals surface area contributed by atoms with Crippen LogP contribution in [0.5, 0.6) is 0 Å². The van der Waals surface area contributed by atoms with E-state index in [1.54, 1.807) is 12.3 Å². The molecule has 26 heavy (non-hydrogen) atoms. The second-order valence-electron chi connectivity index (χ2n) is 6.19. The molecule has 1 aromatic carbocycles. The molecule has 2 N–H and O–H groups in total. The standard InChI is InChI=1S/C18H18BrCl2N3OS/c19-15-9-14(21)10-22-16(15)24-17(26)23-11-18(4-6-25-7-5-18)12-2-1-3-13(20)8-12/h1-3,8-10H,4-7,11H2,(H2,22,23,24,26). The maximum Gasteiger partial charge on any atom is 0.172 e. The second-order valence-corrected chi connectivity index (χ2v) is 8.33. The molecule has 1 saturated heterocycles. The van der Waals surface area contributed by atoms with E-state index >= 15 is 0 Å². The molecule has 1 fully saturated rings. The van der Waals surface area contributed by atoms with Gasteiger partial charge in [-0.2, -0.15) is 0 Å². The summed E-state index contributed by atoms with van der Waals surface area (Å²) in [5.74, 6) is 0.621. The SMILES string of the molecule is S=C(NCC1(c2cccc(Cl)c2)CCOCC1)Nc1ncc(Cl)cc1Br. The van der Waals surface area contributed by atoms with Gasteiger partial charge in [-0.1, -0.05) is 35.3 Å². The monoisotopic (exact) mass is 473 g/mol. The van der Waals surface area contributed by atoms with Crippen molar-refractivity contribution in [2.75, 3.05) is 25.1 Å². The van der Waals surface area contributed by atoms with Crippen molar-refractivity contribution < 1.29 is 4.74 Å². The maximum atomic E-state index is 6.21. The zero-order valence-electron chi connectivity index (χ0n) is 13.9. The number of thiocarbonyl (C=S) groups is 1. The third kappa shape index (κ3) is 4.87. The Labute approximate surface area is 176 Å². The van der Waals surface area contributed by atoms with E-state index in [1.165, 1.54) is 5.56 Å². The van der Waals surface area contributed by atoms with Gasteiger partial charge in [-0.25, -0.2) is 4.98 Å². The molecule has 8 heteroatoms. The first kappa shape index (κ1) is 19.8. The highest BCUT2D eigenvalue weighted by molar-refractivity contribution is 9.10. The van der Waals surface area contributed by atoms with Gasteiger partial charge in [0, 0.05) is 36.4 Å². The smallest absolute Gasteiger partial charge is 0.172 e. The molecule has 0 spiro atoms. The van der Waals surface area contributed by atoms with Crippen molar-refractivity contribution in [3.8, 4) is 0 Å². The first-order valence-corrected chi connectivity index (χ1v) is 10.1. The van der Waals surface area contributed by atoms with Gasteiger partial charge in [-0.3, -0.25) is 0 Å². The number of aromatic nitrogens is 1. The topological polar surface area (TPSA) is 46.2 Å². The third-order valence-electron chi connectivity index (χ3n) is 4.51. The van der Waals surface area contributed by atoms with Crippen molar-refractivity contribution >= 4 is 62.3 Å². The fraction of sp³-hybridized carbons (Fsp3) is 0.333. The fourth-order valence-corrected chi connectivity index (χ4v) is 4.15. The van der Waals surface area contributed by atoms with Crippen LogP contribution in [0.1, 0.15) is 18.4 Å². The summed E-state index contributed by atoms with van der Waals surface area (Å²) in [5, 5.41) is 8.24. The molecule has 2 aromatic rings. The molecule has 0 atom stereocenters. The molecule has 1 aromatic heterocycles. The van der Waals surface area contributed by atoms with Crippen molar-refractivity contribution in [3.05, 3.63) is 56.6 Å². The van der Waals surface area contributed by atoms with Crippen LogP contribution in [-0.2, 0) is 10.2 Å². The Bertz CT molecular complexity index is 800. The van der Waals surface area contributed by atoms with E-state index < -0.39 is 0 Å². The Morgan fingerprint density at radius 3 is 2.69 bits per heavy atom. The minimum Gasteiger partial charge on any atom is -0.381 e. The summed E-state index contributed by atoms with van der Waals surface area (Å²) < 4.78 is 6.32. The Kier molecular flexibility index (Phi) is 6.75. The van der Waals surface area contributed by atoms with Gasteiger partial charge in [0.1, 0.15) is 5.82 Å². The summed E-state index contributed by atoms with van der Waals surface area (Å²) in [6, 6.07) is 9.79. The molecule has 2 heterocycles. The van der Waals surface area contributed by atoms with E-state index in [1.807, 2.05) is 18.2 Å².